The van der Waals surface area contributed by atoms with Crippen molar-refractivity contribution < 1.29 is 4.79 Å². The third kappa shape index (κ3) is 3.42. The highest BCUT2D eigenvalue weighted by Crippen LogP contribution is 2.23. The molecule has 128 valence electrons. The van der Waals surface area contributed by atoms with Crippen molar-refractivity contribution in [3.63, 3.8) is 0 Å². The van der Waals surface area contributed by atoms with Gasteiger partial charge in [-0.25, -0.2) is 9.67 Å². The highest BCUT2D eigenvalue weighted by Gasteiger charge is 2.20. The molecule has 3 heterocycles. The van der Waals surface area contributed by atoms with Crippen molar-refractivity contribution in [3.05, 3.63) is 36.2 Å². The Morgan fingerprint density at radius 2 is 2.12 bits per heavy atom. The van der Waals surface area contributed by atoms with E-state index in [2.05, 4.69) is 27.2 Å². The van der Waals surface area contributed by atoms with Crippen LogP contribution < -0.4 is 10.2 Å². The number of hydrogen-bond acceptors (Lipinski definition) is 4. The first kappa shape index (κ1) is 16.5. The molecule has 1 saturated heterocycles. The van der Waals surface area contributed by atoms with Crippen LogP contribution in [-0.4, -0.2) is 33.3 Å². The van der Waals surface area contributed by atoms with Gasteiger partial charge in [-0.1, -0.05) is 0 Å². The van der Waals surface area contributed by atoms with Crippen LogP contribution in [0.4, 0.5) is 11.6 Å². The number of aromatic nitrogens is 3. The lowest BCUT2D eigenvalue weighted by molar-refractivity contribution is 0.102. The number of nitrogens with one attached hydrogen (secondary N) is 1. The molecule has 0 spiro atoms. The molecule has 1 aliphatic heterocycles. The molecule has 0 aromatic carbocycles. The third-order valence-electron chi connectivity index (χ3n) is 4.51. The van der Waals surface area contributed by atoms with Crippen molar-refractivity contribution in [2.24, 2.45) is 0 Å². The second-order valence-electron chi connectivity index (χ2n) is 6.65. The summed E-state index contributed by atoms with van der Waals surface area (Å²) < 4.78 is 1.80. The van der Waals surface area contributed by atoms with Gasteiger partial charge in [0, 0.05) is 36.5 Å². The van der Waals surface area contributed by atoms with Crippen LogP contribution in [-0.2, 0) is 0 Å². The second-order valence-corrected chi connectivity index (χ2v) is 6.65. The van der Waals surface area contributed by atoms with Gasteiger partial charge in [-0.05, 0) is 52.2 Å². The van der Waals surface area contributed by atoms with Crippen LogP contribution in [0.5, 0.6) is 0 Å². The zero-order valence-corrected chi connectivity index (χ0v) is 14.6. The van der Waals surface area contributed by atoms with Gasteiger partial charge in [-0.3, -0.25) is 4.79 Å². The van der Waals surface area contributed by atoms with Crippen molar-refractivity contribution >= 4 is 17.5 Å². The summed E-state index contributed by atoms with van der Waals surface area (Å²) in [5.74, 6) is 1.46. The Balaban J connectivity index is 1.78. The van der Waals surface area contributed by atoms with Crippen molar-refractivity contribution in [3.8, 4) is 0 Å². The van der Waals surface area contributed by atoms with E-state index in [0.717, 1.165) is 12.4 Å². The van der Waals surface area contributed by atoms with E-state index in [0.29, 0.717) is 17.4 Å². The molecule has 1 atom stereocenters. The van der Waals surface area contributed by atoms with Gasteiger partial charge in [0.2, 0.25) is 0 Å². The van der Waals surface area contributed by atoms with Crippen molar-refractivity contribution in [1.29, 1.82) is 0 Å². The summed E-state index contributed by atoms with van der Waals surface area (Å²) in [6, 6.07) is 6.10. The van der Waals surface area contributed by atoms with Crippen molar-refractivity contribution in [2.75, 3.05) is 16.8 Å². The summed E-state index contributed by atoms with van der Waals surface area (Å²) in [6.45, 7) is 7.28. The number of rotatable bonds is 4. The van der Waals surface area contributed by atoms with E-state index in [1.807, 2.05) is 26.0 Å². The molecule has 1 amide bonds. The first-order valence-electron chi connectivity index (χ1n) is 8.64. The molecule has 0 unspecified atom stereocenters. The van der Waals surface area contributed by atoms with E-state index in [-0.39, 0.29) is 11.9 Å². The Morgan fingerprint density at radius 1 is 1.29 bits per heavy atom. The molecule has 1 N–H and O–H groups in total. The lowest BCUT2D eigenvalue weighted by atomic mass is 10.0. The third-order valence-corrected chi connectivity index (χ3v) is 4.51. The number of amides is 1. The van der Waals surface area contributed by atoms with E-state index < -0.39 is 0 Å². The summed E-state index contributed by atoms with van der Waals surface area (Å²) >= 11 is 0. The van der Waals surface area contributed by atoms with Gasteiger partial charge in [0.05, 0.1) is 6.20 Å². The molecule has 2 aromatic heterocycles. The fraction of sp³-hybridized carbons (Fsp3) is 0.500. The van der Waals surface area contributed by atoms with Crippen LogP contribution in [0.2, 0.25) is 0 Å². The predicted octanol–water partition coefficient (Wildman–Crippen LogP) is 3.49. The molecule has 1 aliphatic rings. The lowest BCUT2D eigenvalue weighted by Crippen LogP contribution is -2.38. The van der Waals surface area contributed by atoms with E-state index in [9.17, 15) is 4.79 Å². The SMILES string of the molecule is CC(C)n1nccc1NC(=O)c1ccnc(N2CCCC[C@@H]2C)c1. The minimum Gasteiger partial charge on any atom is -0.354 e. The second kappa shape index (κ2) is 7.03. The molecule has 6 heteroatoms. The predicted molar refractivity (Wildman–Crippen MR) is 95.5 cm³/mol. The molecule has 0 bridgehead atoms. The minimum atomic E-state index is -0.134. The molecule has 0 radical (unpaired) electrons. The van der Waals surface area contributed by atoms with Gasteiger partial charge in [-0.15, -0.1) is 0 Å². The summed E-state index contributed by atoms with van der Waals surface area (Å²) in [6.07, 6.45) is 7.02. The monoisotopic (exact) mass is 327 g/mol. The van der Waals surface area contributed by atoms with Gasteiger partial charge >= 0.3 is 0 Å². The van der Waals surface area contributed by atoms with Crippen LogP contribution in [0.1, 0.15) is 56.4 Å². The van der Waals surface area contributed by atoms with Gasteiger partial charge in [0.1, 0.15) is 11.6 Å². The molecule has 2 aromatic rings. The Hall–Kier alpha value is -2.37. The molecule has 0 saturated carbocycles. The smallest absolute Gasteiger partial charge is 0.256 e. The van der Waals surface area contributed by atoms with Crippen LogP contribution in [0.15, 0.2) is 30.6 Å². The lowest BCUT2D eigenvalue weighted by Gasteiger charge is -2.34. The number of piperidine rings is 1. The molecular formula is C18H25N5O. The summed E-state index contributed by atoms with van der Waals surface area (Å²) in [5.41, 5.74) is 0.620. The number of pyridine rings is 1. The number of anilines is 2. The van der Waals surface area contributed by atoms with E-state index >= 15 is 0 Å². The van der Waals surface area contributed by atoms with Crippen LogP contribution in [0, 0.1) is 0 Å². The van der Waals surface area contributed by atoms with E-state index in [4.69, 9.17) is 0 Å². The molecule has 3 rings (SSSR count). The van der Waals surface area contributed by atoms with Gasteiger partial charge in [0.15, 0.2) is 0 Å². The zero-order chi connectivity index (χ0) is 17.1. The molecular weight excluding hydrogens is 302 g/mol. The molecule has 6 nitrogen and oxygen atoms in total. The number of carbonyl (C=O) groups is 1. The summed E-state index contributed by atoms with van der Waals surface area (Å²) in [5, 5.41) is 7.19. The van der Waals surface area contributed by atoms with Gasteiger partial charge in [0.25, 0.3) is 5.91 Å². The Bertz CT molecular complexity index is 709. The van der Waals surface area contributed by atoms with Crippen molar-refractivity contribution in [2.45, 2.75) is 52.1 Å². The highest BCUT2D eigenvalue weighted by molar-refractivity contribution is 6.04. The van der Waals surface area contributed by atoms with Gasteiger partial charge < -0.3 is 10.2 Å². The topological polar surface area (TPSA) is 63.1 Å². The number of hydrogen-bond donors (Lipinski definition) is 1. The largest absolute Gasteiger partial charge is 0.354 e. The molecule has 1 fully saturated rings. The number of carbonyl (C=O) groups excluding carboxylic acids is 1. The average molecular weight is 327 g/mol. The van der Waals surface area contributed by atoms with Gasteiger partial charge in [-0.2, -0.15) is 5.10 Å². The minimum absolute atomic E-state index is 0.134. The fourth-order valence-electron chi connectivity index (χ4n) is 3.17. The maximum atomic E-state index is 12.6. The Kier molecular flexibility index (Phi) is 4.83. The average Bonchev–Trinajstić information content (AvgIpc) is 3.04. The fourth-order valence-corrected chi connectivity index (χ4v) is 3.17. The van der Waals surface area contributed by atoms with Crippen molar-refractivity contribution in [1.82, 2.24) is 14.8 Å². The zero-order valence-electron chi connectivity index (χ0n) is 14.6. The van der Waals surface area contributed by atoms with Crippen LogP contribution in [0.3, 0.4) is 0 Å². The Labute approximate surface area is 142 Å². The van der Waals surface area contributed by atoms with Crippen LogP contribution in [0.25, 0.3) is 0 Å². The molecule has 24 heavy (non-hydrogen) atoms. The summed E-state index contributed by atoms with van der Waals surface area (Å²) in [7, 11) is 0. The van der Waals surface area contributed by atoms with Crippen LogP contribution >= 0.6 is 0 Å². The van der Waals surface area contributed by atoms with E-state index in [1.165, 1.54) is 19.3 Å². The molecule has 0 aliphatic carbocycles. The highest BCUT2D eigenvalue weighted by atomic mass is 16.1. The maximum absolute atomic E-state index is 12.6. The Morgan fingerprint density at radius 3 is 2.88 bits per heavy atom. The summed E-state index contributed by atoms with van der Waals surface area (Å²) in [4.78, 5) is 19.4. The normalized spacial score (nSPS) is 18.0. The maximum Gasteiger partial charge on any atom is 0.256 e. The van der Waals surface area contributed by atoms with E-state index in [1.54, 1.807) is 23.1 Å². The standard InChI is InChI=1S/C18H25N5O/c1-13(2)23-16(8-10-20-23)21-18(24)15-7-9-19-17(12-15)22-11-5-4-6-14(22)3/h7-10,12-14H,4-6,11H2,1-3H3,(H,21,24)/t14-/m0/s1. The first-order chi connectivity index (χ1) is 11.6. The quantitative estimate of drug-likeness (QED) is 0.933. The first-order valence-corrected chi connectivity index (χ1v) is 8.64. The number of nitrogens with zero attached hydrogens (tertiary/aromatic N) is 4.